The van der Waals surface area contributed by atoms with Gasteiger partial charge < -0.3 is 9.80 Å². The normalized spacial score (nSPS) is 23.6. The Labute approximate surface area is 126 Å². The Morgan fingerprint density at radius 1 is 0.955 bits per heavy atom. The largest absolute Gasteiger partial charge is 0.347 e. The maximum Gasteiger partial charge on any atom is 0.225 e. The van der Waals surface area contributed by atoms with Gasteiger partial charge in [-0.15, -0.1) is 10.2 Å². The van der Waals surface area contributed by atoms with Crippen LogP contribution in [0.2, 0.25) is 0 Å². The standard InChI is InChI=1S/C14H14N8/c1-2-16-14(17-3-1)22-8-10-6-11(22)7-21(10)12-13-19-18-9-20(13)5-4-15-12/h1-5,9-11H,6-8H2. The highest BCUT2D eigenvalue weighted by atomic mass is 15.4. The molecule has 2 aliphatic heterocycles. The first-order valence-electron chi connectivity index (χ1n) is 7.35. The zero-order valence-corrected chi connectivity index (χ0v) is 11.8. The molecule has 0 spiro atoms. The Morgan fingerprint density at radius 3 is 2.59 bits per heavy atom. The van der Waals surface area contributed by atoms with Gasteiger partial charge in [0.1, 0.15) is 6.33 Å². The fourth-order valence-electron chi connectivity index (χ4n) is 3.56. The lowest BCUT2D eigenvalue weighted by molar-refractivity contribution is 0.628. The Kier molecular flexibility index (Phi) is 2.35. The first-order valence-corrected chi connectivity index (χ1v) is 7.35. The summed E-state index contributed by atoms with van der Waals surface area (Å²) >= 11 is 0. The molecule has 2 unspecified atom stereocenters. The number of piperazine rings is 1. The van der Waals surface area contributed by atoms with Gasteiger partial charge in [-0.3, -0.25) is 4.40 Å². The van der Waals surface area contributed by atoms with Crippen molar-refractivity contribution in [2.75, 3.05) is 22.9 Å². The molecule has 5 heterocycles. The van der Waals surface area contributed by atoms with Gasteiger partial charge in [0.2, 0.25) is 11.6 Å². The molecule has 110 valence electrons. The van der Waals surface area contributed by atoms with E-state index in [0.29, 0.717) is 12.1 Å². The second-order valence-corrected chi connectivity index (χ2v) is 5.71. The third-order valence-electron chi connectivity index (χ3n) is 4.52. The molecule has 8 nitrogen and oxygen atoms in total. The summed E-state index contributed by atoms with van der Waals surface area (Å²) < 4.78 is 1.91. The zero-order valence-electron chi connectivity index (χ0n) is 11.8. The van der Waals surface area contributed by atoms with E-state index in [9.17, 15) is 0 Å². The molecule has 0 N–H and O–H groups in total. The van der Waals surface area contributed by atoms with Crippen molar-refractivity contribution in [1.29, 1.82) is 0 Å². The van der Waals surface area contributed by atoms with Gasteiger partial charge in [-0.05, 0) is 12.5 Å². The number of hydrogen-bond acceptors (Lipinski definition) is 7. The van der Waals surface area contributed by atoms with Crippen molar-refractivity contribution in [3.63, 3.8) is 0 Å². The molecule has 3 aromatic heterocycles. The molecule has 2 fully saturated rings. The number of nitrogens with zero attached hydrogens (tertiary/aromatic N) is 8. The monoisotopic (exact) mass is 294 g/mol. The van der Waals surface area contributed by atoms with E-state index in [-0.39, 0.29) is 0 Å². The molecule has 2 bridgehead atoms. The first kappa shape index (κ1) is 11.8. The van der Waals surface area contributed by atoms with Crippen molar-refractivity contribution in [3.8, 4) is 0 Å². The number of aromatic nitrogens is 6. The van der Waals surface area contributed by atoms with Crippen LogP contribution in [0.4, 0.5) is 11.8 Å². The highest BCUT2D eigenvalue weighted by Gasteiger charge is 2.45. The number of rotatable bonds is 2. The molecule has 0 saturated carbocycles. The molecule has 8 heteroatoms. The minimum Gasteiger partial charge on any atom is -0.347 e. The quantitative estimate of drug-likeness (QED) is 0.676. The van der Waals surface area contributed by atoms with Gasteiger partial charge in [-0.25, -0.2) is 15.0 Å². The van der Waals surface area contributed by atoms with E-state index >= 15 is 0 Å². The minimum atomic E-state index is 0.421. The molecular formula is C14H14N8. The molecule has 2 saturated heterocycles. The lowest BCUT2D eigenvalue weighted by Gasteiger charge is -2.34. The number of anilines is 2. The lowest BCUT2D eigenvalue weighted by Crippen LogP contribution is -2.47. The zero-order chi connectivity index (χ0) is 14.5. The average molecular weight is 294 g/mol. The summed E-state index contributed by atoms with van der Waals surface area (Å²) in [7, 11) is 0. The summed E-state index contributed by atoms with van der Waals surface area (Å²) in [5, 5.41) is 8.17. The van der Waals surface area contributed by atoms with E-state index in [1.807, 2.05) is 16.7 Å². The third kappa shape index (κ3) is 1.60. The van der Waals surface area contributed by atoms with Crippen LogP contribution in [-0.2, 0) is 0 Å². The summed E-state index contributed by atoms with van der Waals surface area (Å²) in [6.07, 6.45) is 10.1. The molecular weight excluding hydrogens is 280 g/mol. The molecule has 2 aliphatic rings. The fourth-order valence-corrected chi connectivity index (χ4v) is 3.56. The Morgan fingerprint density at radius 2 is 1.77 bits per heavy atom. The van der Waals surface area contributed by atoms with Crippen LogP contribution in [-0.4, -0.2) is 54.7 Å². The smallest absolute Gasteiger partial charge is 0.225 e. The van der Waals surface area contributed by atoms with Crippen molar-refractivity contribution in [2.24, 2.45) is 0 Å². The SMILES string of the molecule is c1cnc(N2CC3CC2CN3c2nccn3cnnc23)nc1. The summed E-state index contributed by atoms with van der Waals surface area (Å²) in [6, 6.07) is 2.70. The van der Waals surface area contributed by atoms with Gasteiger partial charge >= 0.3 is 0 Å². The molecule has 5 rings (SSSR count). The van der Waals surface area contributed by atoms with E-state index in [0.717, 1.165) is 36.9 Å². The highest BCUT2D eigenvalue weighted by Crippen LogP contribution is 2.36. The van der Waals surface area contributed by atoms with E-state index in [2.05, 4.69) is 34.9 Å². The topological polar surface area (TPSA) is 75.3 Å². The lowest BCUT2D eigenvalue weighted by atomic mass is 10.2. The van der Waals surface area contributed by atoms with Crippen molar-refractivity contribution < 1.29 is 0 Å². The number of hydrogen-bond donors (Lipinski definition) is 0. The Bertz CT molecular complexity index is 816. The van der Waals surface area contributed by atoms with Crippen LogP contribution in [0.5, 0.6) is 0 Å². The second-order valence-electron chi connectivity index (χ2n) is 5.71. The van der Waals surface area contributed by atoms with Crippen LogP contribution in [0, 0.1) is 0 Å². The molecule has 0 amide bonds. The predicted octanol–water partition coefficient (Wildman–Crippen LogP) is 0.382. The molecule has 22 heavy (non-hydrogen) atoms. The van der Waals surface area contributed by atoms with Crippen molar-refractivity contribution in [3.05, 3.63) is 37.2 Å². The minimum absolute atomic E-state index is 0.421. The van der Waals surface area contributed by atoms with Crippen molar-refractivity contribution in [2.45, 2.75) is 18.5 Å². The molecule has 2 atom stereocenters. The van der Waals surface area contributed by atoms with Gasteiger partial charge in [0.05, 0.1) is 12.1 Å². The van der Waals surface area contributed by atoms with Gasteiger partial charge in [-0.2, -0.15) is 0 Å². The second kappa shape index (κ2) is 4.36. The van der Waals surface area contributed by atoms with Crippen LogP contribution in [0.15, 0.2) is 37.2 Å². The van der Waals surface area contributed by atoms with E-state index in [1.54, 1.807) is 24.9 Å². The maximum atomic E-state index is 4.53. The highest BCUT2D eigenvalue weighted by molar-refractivity contribution is 5.65. The van der Waals surface area contributed by atoms with Crippen LogP contribution in [0.25, 0.3) is 5.65 Å². The van der Waals surface area contributed by atoms with E-state index in [1.165, 1.54) is 0 Å². The molecule has 0 aliphatic carbocycles. The molecule has 3 aromatic rings. The molecule has 0 radical (unpaired) electrons. The van der Waals surface area contributed by atoms with E-state index < -0.39 is 0 Å². The predicted molar refractivity (Wildman–Crippen MR) is 79.7 cm³/mol. The van der Waals surface area contributed by atoms with Crippen LogP contribution < -0.4 is 9.80 Å². The number of fused-ring (bicyclic) bond motifs is 3. The molecule has 0 aromatic carbocycles. The fraction of sp³-hybridized carbons (Fsp3) is 0.357. The van der Waals surface area contributed by atoms with Crippen molar-refractivity contribution >= 4 is 17.4 Å². The van der Waals surface area contributed by atoms with Crippen LogP contribution in [0.1, 0.15) is 6.42 Å². The Hall–Kier alpha value is -2.77. The van der Waals surface area contributed by atoms with Gasteiger partial charge in [-0.1, -0.05) is 0 Å². The Balaban J connectivity index is 1.46. The van der Waals surface area contributed by atoms with Crippen LogP contribution in [0.3, 0.4) is 0 Å². The van der Waals surface area contributed by atoms with E-state index in [4.69, 9.17) is 0 Å². The van der Waals surface area contributed by atoms with Crippen LogP contribution >= 0.6 is 0 Å². The summed E-state index contributed by atoms with van der Waals surface area (Å²) in [4.78, 5) is 17.9. The maximum absolute atomic E-state index is 4.53. The average Bonchev–Trinajstić information content (AvgIpc) is 3.29. The third-order valence-corrected chi connectivity index (χ3v) is 4.52. The summed E-state index contributed by atoms with van der Waals surface area (Å²) in [5.41, 5.74) is 0.817. The summed E-state index contributed by atoms with van der Waals surface area (Å²) in [6.45, 7) is 1.84. The first-order chi connectivity index (χ1) is 10.9. The van der Waals surface area contributed by atoms with Crippen molar-refractivity contribution in [1.82, 2.24) is 29.5 Å². The van der Waals surface area contributed by atoms with Gasteiger partial charge in [0.25, 0.3) is 0 Å². The van der Waals surface area contributed by atoms with Gasteiger partial charge in [0, 0.05) is 37.9 Å². The summed E-state index contributed by atoms with van der Waals surface area (Å²) in [5.74, 6) is 1.74. The van der Waals surface area contributed by atoms with Gasteiger partial charge in [0.15, 0.2) is 5.82 Å².